The summed E-state index contributed by atoms with van der Waals surface area (Å²) in [5.74, 6) is 1.46. The first-order valence-electron chi connectivity index (χ1n) is 9.43. The number of nitrogens with zero attached hydrogens (tertiary/aromatic N) is 2. The van der Waals surface area contributed by atoms with Crippen LogP contribution in [0, 0.1) is 0 Å². The summed E-state index contributed by atoms with van der Waals surface area (Å²) in [5.41, 5.74) is 3.96. The molecule has 136 valence electrons. The van der Waals surface area contributed by atoms with Crippen molar-refractivity contribution in [1.29, 1.82) is 0 Å². The van der Waals surface area contributed by atoms with E-state index in [1.165, 1.54) is 23.1 Å². The van der Waals surface area contributed by atoms with Crippen molar-refractivity contribution in [3.63, 3.8) is 0 Å². The maximum Gasteiger partial charge on any atom is 0.266 e. The van der Waals surface area contributed by atoms with Gasteiger partial charge in [0.05, 0.1) is 6.20 Å². The summed E-state index contributed by atoms with van der Waals surface area (Å²) in [4.78, 5) is 14.8. The van der Waals surface area contributed by atoms with E-state index in [0.29, 0.717) is 0 Å². The zero-order chi connectivity index (χ0) is 17.9. The number of hydrogen-bond acceptors (Lipinski definition) is 3. The molecule has 4 rings (SSSR count). The van der Waals surface area contributed by atoms with Gasteiger partial charge in [-0.2, -0.15) is 5.10 Å². The van der Waals surface area contributed by atoms with Crippen molar-refractivity contribution >= 4 is 11.7 Å². The van der Waals surface area contributed by atoms with Crippen LogP contribution in [0.3, 0.4) is 0 Å². The van der Waals surface area contributed by atoms with E-state index in [2.05, 4.69) is 28.9 Å². The number of rotatable bonds is 5. The summed E-state index contributed by atoms with van der Waals surface area (Å²) in [6.45, 7) is 4.15. The Morgan fingerprint density at radius 1 is 1.23 bits per heavy atom. The molecule has 1 atom stereocenters. The van der Waals surface area contributed by atoms with Gasteiger partial charge in [0.15, 0.2) is 6.61 Å². The van der Waals surface area contributed by atoms with Crippen molar-refractivity contribution in [1.82, 2.24) is 10.2 Å². The standard InChI is InChI=1S/C21H25N3O2/c1-15-4-2-7-18(12-15)24(20-10-11-22-23-20)21(25)14-26-19-9-8-16-5-3-6-17(16)13-19/h8-11,13,18H,1-7,12,14H2,(H,22,23). The second kappa shape index (κ2) is 7.36. The first-order chi connectivity index (χ1) is 12.7. The van der Waals surface area contributed by atoms with Crippen molar-refractivity contribution in [3.05, 3.63) is 53.7 Å². The normalized spacial score (nSPS) is 19.2. The van der Waals surface area contributed by atoms with E-state index >= 15 is 0 Å². The van der Waals surface area contributed by atoms with Gasteiger partial charge >= 0.3 is 0 Å². The van der Waals surface area contributed by atoms with E-state index in [9.17, 15) is 4.79 Å². The SMILES string of the molecule is C=C1CCCC(N(C(=O)COc2ccc3c(c2)CCC3)c2ccn[nH]2)C1. The number of benzene rings is 1. The highest BCUT2D eigenvalue weighted by Crippen LogP contribution is 2.29. The Hall–Kier alpha value is -2.56. The summed E-state index contributed by atoms with van der Waals surface area (Å²) < 4.78 is 5.84. The van der Waals surface area contributed by atoms with E-state index in [0.717, 1.165) is 50.1 Å². The highest BCUT2D eigenvalue weighted by Gasteiger charge is 2.29. The molecule has 1 aromatic heterocycles. The fourth-order valence-electron chi connectivity index (χ4n) is 4.12. The second-order valence-corrected chi connectivity index (χ2v) is 7.28. The largest absolute Gasteiger partial charge is 0.484 e. The van der Waals surface area contributed by atoms with E-state index in [4.69, 9.17) is 4.74 Å². The van der Waals surface area contributed by atoms with Gasteiger partial charge in [0.2, 0.25) is 0 Å². The highest BCUT2D eigenvalue weighted by molar-refractivity contribution is 5.94. The summed E-state index contributed by atoms with van der Waals surface area (Å²) in [6, 6.07) is 8.14. The zero-order valence-corrected chi connectivity index (χ0v) is 15.0. The van der Waals surface area contributed by atoms with Crippen LogP contribution in [0.25, 0.3) is 0 Å². The van der Waals surface area contributed by atoms with E-state index in [1.807, 2.05) is 17.0 Å². The van der Waals surface area contributed by atoms with Crippen LogP contribution in [0.15, 0.2) is 42.6 Å². The van der Waals surface area contributed by atoms with Crippen LogP contribution in [0.2, 0.25) is 0 Å². The number of H-pyrrole nitrogens is 1. The third-order valence-electron chi connectivity index (χ3n) is 5.40. The van der Waals surface area contributed by atoms with E-state index in [1.54, 1.807) is 6.20 Å². The molecule has 26 heavy (non-hydrogen) atoms. The fraction of sp³-hybridized carbons (Fsp3) is 0.429. The van der Waals surface area contributed by atoms with Gasteiger partial charge in [0.25, 0.3) is 5.91 Å². The number of amides is 1. The molecule has 0 spiro atoms. The van der Waals surface area contributed by atoms with Crippen LogP contribution in [0.4, 0.5) is 5.82 Å². The number of ether oxygens (including phenoxy) is 1. The Morgan fingerprint density at radius 2 is 2.12 bits per heavy atom. The quantitative estimate of drug-likeness (QED) is 0.834. The molecule has 0 aliphatic heterocycles. The van der Waals surface area contributed by atoms with Crippen LogP contribution < -0.4 is 9.64 Å². The number of hydrogen-bond donors (Lipinski definition) is 1. The minimum Gasteiger partial charge on any atom is -0.484 e. The molecule has 2 aliphatic rings. The summed E-state index contributed by atoms with van der Waals surface area (Å²) >= 11 is 0. The molecule has 0 saturated heterocycles. The van der Waals surface area contributed by atoms with Gasteiger partial charge in [-0.25, -0.2) is 0 Å². The Morgan fingerprint density at radius 3 is 2.92 bits per heavy atom. The predicted molar refractivity (Wildman–Crippen MR) is 101 cm³/mol. The maximum absolute atomic E-state index is 13.0. The van der Waals surface area contributed by atoms with Crippen molar-refractivity contribution in [2.45, 2.75) is 51.0 Å². The molecule has 2 aromatic rings. The Kier molecular flexibility index (Phi) is 4.78. The van der Waals surface area contributed by atoms with Crippen molar-refractivity contribution in [2.24, 2.45) is 0 Å². The number of aryl methyl sites for hydroxylation is 2. The molecule has 0 radical (unpaired) electrons. The van der Waals surface area contributed by atoms with Gasteiger partial charge in [0, 0.05) is 12.1 Å². The number of carbonyl (C=O) groups is 1. The van der Waals surface area contributed by atoms with Crippen LogP contribution in [0.1, 0.15) is 43.2 Å². The van der Waals surface area contributed by atoms with Gasteiger partial charge in [0.1, 0.15) is 11.6 Å². The van der Waals surface area contributed by atoms with Crippen LogP contribution >= 0.6 is 0 Å². The van der Waals surface area contributed by atoms with Gasteiger partial charge in [-0.05, 0) is 68.2 Å². The first kappa shape index (κ1) is 16.9. The molecular formula is C21H25N3O2. The first-order valence-corrected chi connectivity index (χ1v) is 9.43. The number of carbonyl (C=O) groups excluding carboxylic acids is 1. The fourth-order valence-corrected chi connectivity index (χ4v) is 4.12. The summed E-state index contributed by atoms with van der Waals surface area (Å²) in [5, 5.41) is 6.95. The average molecular weight is 351 g/mol. The number of anilines is 1. The van der Waals surface area contributed by atoms with E-state index in [-0.39, 0.29) is 18.6 Å². The molecular weight excluding hydrogens is 326 g/mol. The van der Waals surface area contributed by atoms with E-state index < -0.39 is 0 Å². The second-order valence-electron chi connectivity index (χ2n) is 7.28. The lowest BCUT2D eigenvalue weighted by atomic mass is 9.90. The van der Waals surface area contributed by atoms with Crippen LogP contribution in [0.5, 0.6) is 5.75 Å². The van der Waals surface area contributed by atoms with Crippen molar-refractivity contribution in [2.75, 3.05) is 11.5 Å². The molecule has 0 bridgehead atoms. The Bertz CT molecular complexity index is 798. The number of nitrogens with one attached hydrogen (secondary N) is 1. The van der Waals surface area contributed by atoms with Gasteiger partial charge in [-0.15, -0.1) is 0 Å². The Labute approximate surface area is 154 Å². The predicted octanol–water partition coefficient (Wildman–Crippen LogP) is 3.81. The minimum atomic E-state index is -0.0468. The Balaban J connectivity index is 1.47. The third-order valence-corrected chi connectivity index (χ3v) is 5.40. The number of aromatic nitrogens is 2. The lowest BCUT2D eigenvalue weighted by Crippen LogP contribution is -2.44. The van der Waals surface area contributed by atoms with Gasteiger partial charge < -0.3 is 4.74 Å². The molecule has 5 nitrogen and oxygen atoms in total. The average Bonchev–Trinajstić information content (AvgIpc) is 3.31. The lowest BCUT2D eigenvalue weighted by molar-refractivity contribution is -0.121. The van der Waals surface area contributed by atoms with Crippen molar-refractivity contribution < 1.29 is 9.53 Å². The molecule has 1 unspecified atom stereocenters. The molecule has 2 aliphatic carbocycles. The molecule has 5 heteroatoms. The van der Waals surface area contributed by atoms with Crippen molar-refractivity contribution in [3.8, 4) is 5.75 Å². The van der Waals surface area contributed by atoms with Gasteiger partial charge in [-0.1, -0.05) is 18.2 Å². The summed E-state index contributed by atoms with van der Waals surface area (Å²) in [6.07, 6.45) is 9.05. The monoisotopic (exact) mass is 351 g/mol. The smallest absolute Gasteiger partial charge is 0.266 e. The number of fused-ring (bicyclic) bond motifs is 1. The molecule has 1 aromatic carbocycles. The zero-order valence-electron chi connectivity index (χ0n) is 15.0. The van der Waals surface area contributed by atoms with Crippen LogP contribution in [-0.4, -0.2) is 28.8 Å². The molecule has 1 N–H and O–H groups in total. The maximum atomic E-state index is 13.0. The number of aromatic amines is 1. The highest BCUT2D eigenvalue weighted by atomic mass is 16.5. The molecule has 1 heterocycles. The lowest BCUT2D eigenvalue weighted by Gasteiger charge is -2.34. The third kappa shape index (κ3) is 3.52. The summed E-state index contributed by atoms with van der Waals surface area (Å²) in [7, 11) is 0. The minimum absolute atomic E-state index is 0.0286. The molecule has 1 saturated carbocycles. The molecule has 1 amide bonds. The van der Waals surface area contributed by atoms with Gasteiger partial charge in [-0.3, -0.25) is 14.8 Å². The topological polar surface area (TPSA) is 58.2 Å². The molecule has 1 fully saturated rings. The van der Waals surface area contributed by atoms with Crippen LogP contribution in [-0.2, 0) is 17.6 Å².